The summed E-state index contributed by atoms with van der Waals surface area (Å²) >= 11 is 1.63. The zero-order chi connectivity index (χ0) is 12.2. The number of hydrazine groups is 1. The van der Waals surface area contributed by atoms with Crippen LogP contribution in [0.25, 0.3) is 0 Å². The maximum absolute atomic E-state index is 11.3. The van der Waals surface area contributed by atoms with Crippen molar-refractivity contribution in [2.45, 2.75) is 39.3 Å². The van der Waals surface area contributed by atoms with Gasteiger partial charge in [0, 0.05) is 6.04 Å². The second kappa shape index (κ2) is 5.32. The number of carbonyl (C=O) groups excluding carboxylic acids is 1. The van der Waals surface area contributed by atoms with E-state index in [-0.39, 0.29) is 6.04 Å². The number of rotatable bonds is 3. The van der Waals surface area contributed by atoms with E-state index in [2.05, 4.69) is 10.9 Å². The van der Waals surface area contributed by atoms with Crippen LogP contribution in [0.15, 0.2) is 16.8 Å². The molecule has 1 aromatic rings. The molecule has 0 fully saturated rings. The average molecular weight is 242 g/mol. The van der Waals surface area contributed by atoms with E-state index < -0.39 is 11.7 Å². The van der Waals surface area contributed by atoms with Crippen LogP contribution in [0.1, 0.15) is 39.3 Å². The van der Waals surface area contributed by atoms with E-state index in [0.29, 0.717) is 0 Å². The van der Waals surface area contributed by atoms with Crippen molar-refractivity contribution in [2.75, 3.05) is 0 Å². The number of thiophene rings is 1. The first-order valence-electron chi connectivity index (χ1n) is 5.15. The molecule has 90 valence electrons. The van der Waals surface area contributed by atoms with Gasteiger partial charge >= 0.3 is 6.09 Å². The normalized spacial score (nSPS) is 13.2. The van der Waals surface area contributed by atoms with Crippen LogP contribution in [0, 0.1) is 0 Å². The Hall–Kier alpha value is -1.07. The van der Waals surface area contributed by atoms with E-state index in [1.54, 1.807) is 11.3 Å². The number of hydrogen-bond acceptors (Lipinski definition) is 4. The smallest absolute Gasteiger partial charge is 0.422 e. The number of hydrogen-bond donors (Lipinski definition) is 2. The summed E-state index contributed by atoms with van der Waals surface area (Å²) in [4.78, 5) is 11.3. The molecule has 1 heterocycles. The third kappa shape index (κ3) is 4.63. The molecule has 1 atom stereocenters. The molecule has 1 unspecified atom stereocenters. The number of nitrogens with one attached hydrogen (secondary N) is 2. The van der Waals surface area contributed by atoms with E-state index in [1.807, 2.05) is 44.5 Å². The van der Waals surface area contributed by atoms with Crippen LogP contribution in [-0.4, -0.2) is 11.7 Å². The summed E-state index contributed by atoms with van der Waals surface area (Å²) in [6.07, 6.45) is -0.463. The Kier molecular flexibility index (Phi) is 4.32. The van der Waals surface area contributed by atoms with Crippen molar-refractivity contribution in [3.63, 3.8) is 0 Å². The summed E-state index contributed by atoms with van der Waals surface area (Å²) in [5, 5.41) is 4.04. The molecule has 0 aliphatic heterocycles. The second-order valence-corrected chi connectivity index (χ2v) is 5.33. The lowest BCUT2D eigenvalue weighted by Gasteiger charge is -2.21. The molecular weight excluding hydrogens is 224 g/mol. The Morgan fingerprint density at radius 2 is 2.19 bits per heavy atom. The van der Waals surface area contributed by atoms with E-state index in [9.17, 15) is 4.79 Å². The highest BCUT2D eigenvalue weighted by atomic mass is 32.1. The lowest BCUT2D eigenvalue weighted by molar-refractivity contribution is 0.0489. The van der Waals surface area contributed by atoms with Gasteiger partial charge < -0.3 is 4.74 Å². The Morgan fingerprint density at radius 1 is 1.50 bits per heavy atom. The predicted octanol–water partition coefficient (Wildman–Crippen LogP) is 2.84. The largest absolute Gasteiger partial charge is 0.443 e. The molecule has 16 heavy (non-hydrogen) atoms. The van der Waals surface area contributed by atoms with Crippen LogP contribution >= 0.6 is 11.3 Å². The minimum atomic E-state index is -0.475. The van der Waals surface area contributed by atoms with E-state index in [4.69, 9.17) is 4.74 Å². The lowest BCUT2D eigenvalue weighted by atomic mass is 10.2. The molecule has 4 nitrogen and oxygen atoms in total. The SMILES string of the molecule is CC(NNC(=O)OC(C)(C)C)c1ccsc1. The molecule has 0 bridgehead atoms. The van der Waals surface area contributed by atoms with Crippen molar-refractivity contribution < 1.29 is 9.53 Å². The van der Waals surface area contributed by atoms with Crippen LogP contribution in [0.3, 0.4) is 0 Å². The zero-order valence-electron chi connectivity index (χ0n) is 10.0. The molecule has 1 amide bonds. The van der Waals surface area contributed by atoms with Gasteiger partial charge in [0.05, 0.1) is 0 Å². The van der Waals surface area contributed by atoms with Gasteiger partial charge in [-0.25, -0.2) is 10.2 Å². The van der Waals surface area contributed by atoms with Gasteiger partial charge in [-0.05, 0) is 50.1 Å². The monoisotopic (exact) mass is 242 g/mol. The van der Waals surface area contributed by atoms with Gasteiger partial charge in [-0.15, -0.1) is 0 Å². The second-order valence-electron chi connectivity index (χ2n) is 4.55. The van der Waals surface area contributed by atoms with Gasteiger partial charge in [-0.3, -0.25) is 5.43 Å². The van der Waals surface area contributed by atoms with Crippen molar-refractivity contribution >= 4 is 17.4 Å². The van der Waals surface area contributed by atoms with Gasteiger partial charge in [0.1, 0.15) is 5.60 Å². The molecule has 0 saturated heterocycles. The minimum Gasteiger partial charge on any atom is -0.443 e. The number of carbonyl (C=O) groups is 1. The number of amides is 1. The maximum atomic E-state index is 11.3. The molecule has 0 spiro atoms. The fourth-order valence-corrected chi connectivity index (χ4v) is 1.83. The van der Waals surface area contributed by atoms with Gasteiger partial charge in [0.15, 0.2) is 0 Å². The number of ether oxygens (including phenoxy) is 1. The lowest BCUT2D eigenvalue weighted by Crippen LogP contribution is -2.42. The van der Waals surface area contributed by atoms with Crippen molar-refractivity contribution in [3.8, 4) is 0 Å². The Labute approximate surface area is 100.0 Å². The fourth-order valence-electron chi connectivity index (χ4n) is 1.08. The zero-order valence-corrected chi connectivity index (χ0v) is 10.9. The first-order valence-corrected chi connectivity index (χ1v) is 6.09. The van der Waals surface area contributed by atoms with Crippen molar-refractivity contribution in [3.05, 3.63) is 22.4 Å². The van der Waals surface area contributed by atoms with E-state index in [1.165, 1.54) is 0 Å². The maximum Gasteiger partial charge on any atom is 0.422 e. The third-order valence-electron chi connectivity index (χ3n) is 1.83. The average Bonchev–Trinajstić information content (AvgIpc) is 2.64. The molecule has 5 heteroatoms. The van der Waals surface area contributed by atoms with Gasteiger partial charge in [0.2, 0.25) is 0 Å². The molecule has 1 rings (SSSR count). The van der Waals surface area contributed by atoms with E-state index >= 15 is 0 Å². The molecule has 2 N–H and O–H groups in total. The Balaban J connectivity index is 2.32. The molecule has 0 radical (unpaired) electrons. The summed E-state index contributed by atoms with van der Waals surface area (Å²) in [5.74, 6) is 0. The molecular formula is C11H18N2O2S. The van der Waals surface area contributed by atoms with Crippen LogP contribution in [-0.2, 0) is 4.74 Å². The first-order chi connectivity index (χ1) is 7.38. The van der Waals surface area contributed by atoms with Crippen LogP contribution in [0.5, 0.6) is 0 Å². The van der Waals surface area contributed by atoms with Gasteiger partial charge in [0.25, 0.3) is 0 Å². The predicted molar refractivity (Wildman–Crippen MR) is 65.2 cm³/mol. The summed E-state index contributed by atoms with van der Waals surface area (Å²) in [6.45, 7) is 7.46. The quantitative estimate of drug-likeness (QED) is 0.801. The minimum absolute atomic E-state index is 0.0683. The van der Waals surface area contributed by atoms with E-state index in [0.717, 1.165) is 5.56 Å². The van der Waals surface area contributed by atoms with Crippen LogP contribution in [0.4, 0.5) is 4.79 Å². The molecule has 0 aliphatic carbocycles. The Bertz CT molecular complexity index is 330. The molecule has 1 aromatic heterocycles. The molecule has 0 aliphatic rings. The van der Waals surface area contributed by atoms with Crippen molar-refractivity contribution in [1.29, 1.82) is 0 Å². The van der Waals surface area contributed by atoms with Crippen molar-refractivity contribution in [2.24, 2.45) is 0 Å². The first kappa shape index (κ1) is 13.0. The van der Waals surface area contributed by atoms with Crippen molar-refractivity contribution in [1.82, 2.24) is 10.9 Å². The standard InChI is InChI=1S/C11H18N2O2S/c1-8(9-5-6-16-7-9)12-13-10(14)15-11(2,3)4/h5-8,12H,1-4H3,(H,13,14). The van der Waals surface area contributed by atoms with Gasteiger partial charge in [-0.1, -0.05) is 0 Å². The summed E-state index contributed by atoms with van der Waals surface area (Å²) < 4.78 is 5.10. The van der Waals surface area contributed by atoms with Gasteiger partial charge in [-0.2, -0.15) is 11.3 Å². The van der Waals surface area contributed by atoms with Crippen LogP contribution in [0.2, 0.25) is 0 Å². The highest BCUT2D eigenvalue weighted by Crippen LogP contribution is 2.14. The Morgan fingerprint density at radius 3 is 2.69 bits per heavy atom. The highest BCUT2D eigenvalue weighted by Gasteiger charge is 2.16. The summed E-state index contributed by atoms with van der Waals surface area (Å²) in [7, 11) is 0. The highest BCUT2D eigenvalue weighted by molar-refractivity contribution is 7.07. The summed E-state index contributed by atoms with van der Waals surface area (Å²) in [5.41, 5.74) is 6.08. The topological polar surface area (TPSA) is 50.4 Å². The summed E-state index contributed by atoms with van der Waals surface area (Å²) in [6, 6.07) is 2.08. The third-order valence-corrected chi connectivity index (χ3v) is 2.53. The molecule has 0 aromatic carbocycles. The van der Waals surface area contributed by atoms with Crippen LogP contribution < -0.4 is 10.9 Å². The fraction of sp³-hybridized carbons (Fsp3) is 0.545. The molecule has 0 saturated carbocycles.